The first-order chi connectivity index (χ1) is 15.3. The highest BCUT2D eigenvalue weighted by Gasteiger charge is 2.45. The molecule has 2 aliphatic heterocycles. The number of aliphatic hydroxyl groups excluding tert-OH is 1. The van der Waals surface area contributed by atoms with Gasteiger partial charge in [-0.2, -0.15) is 0 Å². The summed E-state index contributed by atoms with van der Waals surface area (Å²) in [7, 11) is 0. The molecular weight excluding hydrogens is 415 g/mol. The van der Waals surface area contributed by atoms with E-state index in [0.717, 1.165) is 16.5 Å². The molecule has 32 heavy (non-hydrogen) atoms. The lowest BCUT2D eigenvalue weighted by molar-refractivity contribution is -0.172. The number of aromatic nitrogens is 2. The highest BCUT2D eigenvalue weighted by molar-refractivity contribution is 5.88. The van der Waals surface area contributed by atoms with Crippen molar-refractivity contribution in [3.05, 3.63) is 62.2 Å². The number of carbonyl (C=O) groups is 1. The molecule has 0 saturated heterocycles. The minimum atomic E-state index is -1.89. The molecule has 3 aromatic rings. The molecule has 2 aliphatic rings. The van der Waals surface area contributed by atoms with Crippen LogP contribution in [0.1, 0.15) is 47.6 Å². The molecule has 8 heteroatoms. The maximum Gasteiger partial charge on any atom is 0.343 e. The molecule has 0 fully saturated rings. The van der Waals surface area contributed by atoms with Crippen LogP contribution in [-0.4, -0.2) is 32.3 Å². The number of ether oxygens (including phenoxy) is 1. The molecule has 2 aromatic heterocycles. The number of hydrogen-bond acceptors (Lipinski definition) is 6. The lowest BCUT2D eigenvalue weighted by Crippen LogP contribution is -2.44. The fraction of sp³-hybridized carbons (Fsp3) is 0.375. The first kappa shape index (κ1) is 20.8. The van der Waals surface area contributed by atoms with Crippen LogP contribution in [0.15, 0.2) is 23.0 Å². The second-order valence-electron chi connectivity index (χ2n) is 8.45. The standard InChI is InChI=1S/C24H23FN2O5/c1-3-24(31)17-8-20-21-13(10-27(20)22(29)16(17)11-32-23(24)30)7-15-14(5-4-6-28)12(2)18(25)9-19(15)26-21/h7-9,28,31H,3-6,10-11H2,1-2H3/t24-/m0/s1. The van der Waals surface area contributed by atoms with Crippen molar-refractivity contribution in [1.29, 1.82) is 0 Å². The number of rotatable bonds is 4. The average Bonchev–Trinajstić information content (AvgIpc) is 3.14. The molecule has 166 valence electrons. The Morgan fingerprint density at radius 3 is 2.78 bits per heavy atom. The van der Waals surface area contributed by atoms with Crippen molar-refractivity contribution in [1.82, 2.24) is 9.55 Å². The molecule has 0 amide bonds. The molecule has 4 heterocycles. The topological polar surface area (TPSA) is 102 Å². The van der Waals surface area contributed by atoms with E-state index in [-0.39, 0.29) is 48.7 Å². The Morgan fingerprint density at radius 2 is 2.06 bits per heavy atom. The number of benzene rings is 1. The number of pyridine rings is 2. The second-order valence-corrected chi connectivity index (χ2v) is 8.45. The first-order valence-corrected chi connectivity index (χ1v) is 10.7. The molecular formula is C24H23FN2O5. The zero-order valence-corrected chi connectivity index (χ0v) is 17.9. The molecule has 1 atom stereocenters. The van der Waals surface area contributed by atoms with Gasteiger partial charge in [-0.15, -0.1) is 0 Å². The Bertz CT molecular complexity index is 1360. The van der Waals surface area contributed by atoms with E-state index in [0.29, 0.717) is 35.3 Å². The minimum absolute atomic E-state index is 0.00331. The summed E-state index contributed by atoms with van der Waals surface area (Å²) in [5, 5.41) is 21.0. The summed E-state index contributed by atoms with van der Waals surface area (Å²) >= 11 is 0. The van der Waals surface area contributed by atoms with Crippen molar-refractivity contribution in [2.24, 2.45) is 0 Å². The number of cyclic esters (lactones) is 1. The van der Waals surface area contributed by atoms with Crippen molar-refractivity contribution < 1.29 is 24.1 Å². The summed E-state index contributed by atoms with van der Waals surface area (Å²) in [6.07, 6.45) is 1.09. The molecule has 2 N–H and O–H groups in total. The van der Waals surface area contributed by atoms with E-state index >= 15 is 0 Å². The normalized spacial score (nSPS) is 19.0. The van der Waals surface area contributed by atoms with Gasteiger partial charge in [0.05, 0.1) is 29.0 Å². The highest BCUT2D eigenvalue weighted by Crippen LogP contribution is 2.39. The number of esters is 1. The molecule has 0 aliphatic carbocycles. The van der Waals surface area contributed by atoms with Crippen molar-refractivity contribution in [2.45, 2.75) is 51.9 Å². The third kappa shape index (κ3) is 2.76. The van der Waals surface area contributed by atoms with Crippen molar-refractivity contribution in [3.8, 4) is 11.4 Å². The number of hydrogen-bond donors (Lipinski definition) is 2. The molecule has 5 rings (SSSR count). The zero-order chi connectivity index (χ0) is 22.8. The molecule has 0 radical (unpaired) electrons. The minimum Gasteiger partial charge on any atom is -0.458 e. The van der Waals surface area contributed by atoms with Crippen molar-refractivity contribution in [2.75, 3.05) is 6.61 Å². The number of halogens is 1. The van der Waals surface area contributed by atoms with Gasteiger partial charge in [0, 0.05) is 29.2 Å². The number of carbonyl (C=O) groups excluding carboxylic acids is 1. The number of fused-ring (bicyclic) bond motifs is 5. The van der Waals surface area contributed by atoms with E-state index in [4.69, 9.17) is 9.72 Å². The predicted octanol–water partition coefficient (Wildman–Crippen LogP) is 2.45. The number of aryl methyl sites for hydroxylation is 1. The Kier molecular flexibility index (Phi) is 4.69. The van der Waals surface area contributed by atoms with Gasteiger partial charge in [-0.25, -0.2) is 14.2 Å². The van der Waals surface area contributed by atoms with E-state index in [1.54, 1.807) is 24.5 Å². The fourth-order valence-corrected chi connectivity index (χ4v) is 4.84. The fourth-order valence-electron chi connectivity index (χ4n) is 4.84. The van der Waals surface area contributed by atoms with Gasteiger partial charge in [0.15, 0.2) is 5.60 Å². The molecule has 0 spiro atoms. The second kappa shape index (κ2) is 7.21. The van der Waals surface area contributed by atoms with Crippen LogP contribution in [0.25, 0.3) is 22.3 Å². The van der Waals surface area contributed by atoms with Crippen LogP contribution in [0, 0.1) is 12.7 Å². The third-order valence-corrected chi connectivity index (χ3v) is 6.73. The Balaban J connectivity index is 1.75. The van der Waals surface area contributed by atoms with Gasteiger partial charge in [-0.05, 0) is 49.4 Å². The number of nitrogens with zero attached hydrogens (tertiary/aromatic N) is 2. The quantitative estimate of drug-likeness (QED) is 0.475. The largest absolute Gasteiger partial charge is 0.458 e. The summed E-state index contributed by atoms with van der Waals surface area (Å²) in [4.78, 5) is 30.2. The van der Waals surface area contributed by atoms with Gasteiger partial charge in [0.25, 0.3) is 5.56 Å². The Labute approximate surface area is 183 Å². The van der Waals surface area contributed by atoms with E-state index in [9.17, 15) is 24.2 Å². The molecule has 0 unspecified atom stereocenters. The zero-order valence-electron chi connectivity index (χ0n) is 17.9. The predicted molar refractivity (Wildman–Crippen MR) is 115 cm³/mol. The molecule has 7 nitrogen and oxygen atoms in total. The van der Waals surface area contributed by atoms with Gasteiger partial charge in [0.2, 0.25) is 0 Å². The van der Waals surface area contributed by atoms with Crippen LogP contribution in [0.5, 0.6) is 0 Å². The number of aliphatic hydroxyl groups is 2. The Morgan fingerprint density at radius 1 is 1.28 bits per heavy atom. The van der Waals surface area contributed by atoms with E-state index in [1.165, 1.54) is 6.07 Å². The maximum atomic E-state index is 14.6. The Hall–Kier alpha value is -3.10. The van der Waals surface area contributed by atoms with Crippen LogP contribution in [0.4, 0.5) is 4.39 Å². The first-order valence-electron chi connectivity index (χ1n) is 10.7. The van der Waals surface area contributed by atoms with Crippen LogP contribution in [0.3, 0.4) is 0 Å². The van der Waals surface area contributed by atoms with Gasteiger partial charge in [-0.1, -0.05) is 6.92 Å². The van der Waals surface area contributed by atoms with Crippen LogP contribution in [0.2, 0.25) is 0 Å². The van der Waals surface area contributed by atoms with E-state index in [1.807, 2.05) is 6.07 Å². The lowest BCUT2D eigenvalue weighted by atomic mass is 9.86. The summed E-state index contributed by atoms with van der Waals surface area (Å²) in [6.45, 7) is 3.47. The van der Waals surface area contributed by atoms with Crippen molar-refractivity contribution in [3.63, 3.8) is 0 Å². The van der Waals surface area contributed by atoms with E-state index in [2.05, 4.69) is 0 Å². The van der Waals surface area contributed by atoms with Crippen LogP contribution >= 0.6 is 0 Å². The summed E-state index contributed by atoms with van der Waals surface area (Å²) < 4.78 is 21.3. The van der Waals surface area contributed by atoms with Crippen LogP contribution < -0.4 is 5.56 Å². The molecule has 0 bridgehead atoms. The van der Waals surface area contributed by atoms with Gasteiger partial charge < -0.3 is 19.5 Å². The average molecular weight is 438 g/mol. The summed E-state index contributed by atoms with van der Waals surface area (Å²) in [6, 6.07) is 4.95. The van der Waals surface area contributed by atoms with Gasteiger partial charge in [0.1, 0.15) is 12.4 Å². The summed E-state index contributed by atoms with van der Waals surface area (Å²) in [5.74, 6) is -1.14. The van der Waals surface area contributed by atoms with E-state index < -0.39 is 11.6 Å². The van der Waals surface area contributed by atoms with Crippen molar-refractivity contribution >= 4 is 16.9 Å². The smallest absolute Gasteiger partial charge is 0.343 e. The van der Waals surface area contributed by atoms with Gasteiger partial charge >= 0.3 is 5.97 Å². The third-order valence-electron chi connectivity index (χ3n) is 6.73. The van der Waals surface area contributed by atoms with Gasteiger partial charge in [-0.3, -0.25) is 4.79 Å². The lowest BCUT2D eigenvalue weighted by Gasteiger charge is -2.31. The SMILES string of the molecule is CC[C@@]1(O)C(=O)OCc2c1cc1n(c2=O)Cc2cc3c(CCCO)c(C)c(F)cc3nc2-1. The van der Waals surface area contributed by atoms with Crippen LogP contribution in [-0.2, 0) is 34.7 Å². The molecule has 1 aromatic carbocycles. The highest BCUT2D eigenvalue weighted by atomic mass is 19.1. The maximum absolute atomic E-state index is 14.6. The monoisotopic (exact) mass is 438 g/mol. The summed E-state index contributed by atoms with van der Waals surface area (Å²) in [5.41, 5.74) is 1.91. The molecule has 0 saturated carbocycles.